The lowest BCUT2D eigenvalue weighted by molar-refractivity contribution is -0.126. The van der Waals surface area contributed by atoms with Gasteiger partial charge in [-0.05, 0) is 45.1 Å². The molecule has 0 aromatic carbocycles. The van der Waals surface area contributed by atoms with Gasteiger partial charge in [0.25, 0.3) is 0 Å². The summed E-state index contributed by atoms with van der Waals surface area (Å²) in [6.45, 7) is 9.57. The molecule has 0 aromatic rings. The first-order valence-electron chi connectivity index (χ1n) is 7.93. The van der Waals surface area contributed by atoms with Gasteiger partial charge in [0, 0.05) is 25.2 Å². The number of hydrogen-bond acceptors (Lipinski definition) is 3. The monoisotopic (exact) mass is 267 g/mol. The van der Waals surface area contributed by atoms with E-state index < -0.39 is 0 Å². The smallest absolute Gasteiger partial charge is 0.237 e. The molecule has 0 spiro atoms. The fourth-order valence-electron chi connectivity index (χ4n) is 3.38. The topological polar surface area (TPSA) is 44.4 Å². The Labute approximate surface area is 117 Å². The minimum atomic E-state index is 0.00741. The van der Waals surface area contributed by atoms with Gasteiger partial charge >= 0.3 is 0 Å². The number of nitrogens with zero attached hydrogens (tertiary/aromatic N) is 1. The Morgan fingerprint density at radius 3 is 2.74 bits per heavy atom. The molecule has 3 atom stereocenters. The predicted molar refractivity (Wildman–Crippen MR) is 78.1 cm³/mol. The highest BCUT2D eigenvalue weighted by Gasteiger charge is 2.37. The van der Waals surface area contributed by atoms with Crippen molar-refractivity contribution in [2.75, 3.05) is 19.6 Å². The van der Waals surface area contributed by atoms with E-state index in [4.69, 9.17) is 0 Å². The molecule has 0 bridgehead atoms. The molecule has 1 amide bonds. The Balaban J connectivity index is 1.86. The second-order valence-corrected chi connectivity index (χ2v) is 6.11. The minimum Gasteiger partial charge on any atom is -0.352 e. The second kappa shape index (κ2) is 6.71. The van der Waals surface area contributed by atoms with Gasteiger partial charge in [0.2, 0.25) is 5.91 Å². The summed E-state index contributed by atoms with van der Waals surface area (Å²) in [6.07, 6.45) is 4.63. The molecule has 0 aromatic heterocycles. The summed E-state index contributed by atoms with van der Waals surface area (Å²) >= 11 is 0. The third kappa shape index (κ3) is 3.48. The standard InChI is InChI=1S/C15H29N3O/c1-4-13(5-2)17-15(19)11(3)18-9-12-7-6-8-16-14(12)10-18/h11-14,16H,4-10H2,1-3H3,(H,17,19). The third-order valence-electron chi connectivity index (χ3n) is 4.89. The molecule has 0 saturated carbocycles. The molecule has 2 aliphatic rings. The van der Waals surface area contributed by atoms with Crippen molar-refractivity contribution in [3.8, 4) is 0 Å². The number of rotatable bonds is 5. The summed E-state index contributed by atoms with van der Waals surface area (Å²) in [7, 11) is 0. The number of hydrogen-bond donors (Lipinski definition) is 2. The highest BCUT2D eigenvalue weighted by molar-refractivity contribution is 5.81. The van der Waals surface area contributed by atoms with Crippen LogP contribution in [0.25, 0.3) is 0 Å². The van der Waals surface area contributed by atoms with E-state index in [0.717, 1.165) is 38.4 Å². The summed E-state index contributed by atoms with van der Waals surface area (Å²) < 4.78 is 0. The number of likely N-dealkylation sites (tertiary alicyclic amines) is 1. The van der Waals surface area contributed by atoms with Gasteiger partial charge in [0.1, 0.15) is 0 Å². The van der Waals surface area contributed by atoms with E-state index in [9.17, 15) is 4.79 Å². The molecule has 19 heavy (non-hydrogen) atoms. The fraction of sp³-hybridized carbons (Fsp3) is 0.933. The first-order chi connectivity index (χ1) is 9.15. The molecule has 2 N–H and O–H groups in total. The van der Waals surface area contributed by atoms with Crippen LogP contribution in [0.5, 0.6) is 0 Å². The van der Waals surface area contributed by atoms with Crippen molar-refractivity contribution < 1.29 is 4.79 Å². The Hall–Kier alpha value is -0.610. The van der Waals surface area contributed by atoms with Crippen LogP contribution < -0.4 is 10.6 Å². The van der Waals surface area contributed by atoms with Gasteiger partial charge in [-0.2, -0.15) is 0 Å². The molecule has 0 radical (unpaired) electrons. The molecule has 110 valence electrons. The van der Waals surface area contributed by atoms with E-state index in [1.54, 1.807) is 0 Å². The molecule has 2 rings (SSSR count). The molecule has 2 heterocycles. The summed E-state index contributed by atoms with van der Waals surface area (Å²) in [5.41, 5.74) is 0. The van der Waals surface area contributed by atoms with Crippen LogP contribution in [-0.2, 0) is 4.79 Å². The van der Waals surface area contributed by atoms with Crippen molar-refractivity contribution in [3.63, 3.8) is 0 Å². The number of amides is 1. The van der Waals surface area contributed by atoms with Crippen molar-refractivity contribution in [2.24, 2.45) is 5.92 Å². The Bertz CT molecular complexity index is 290. The van der Waals surface area contributed by atoms with Crippen LogP contribution in [-0.4, -0.2) is 48.6 Å². The normalized spacial score (nSPS) is 29.3. The first-order valence-corrected chi connectivity index (χ1v) is 7.93. The number of nitrogens with one attached hydrogen (secondary N) is 2. The Morgan fingerprint density at radius 2 is 2.11 bits per heavy atom. The van der Waals surface area contributed by atoms with Crippen LogP contribution >= 0.6 is 0 Å². The zero-order valence-corrected chi connectivity index (χ0v) is 12.6. The molecule has 4 nitrogen and oxygen atoms in total. The summed E-state index contributed by atoms with van der Waals surface area (Å²) in [6, 6.07) is 0.947. The highest BCUT2D eigenvalue weighted by atomic mass is 16.2. The predicted octanol–water partition coefficient (Wildman–Crippen LogP) is 1.36. The zero-order chi connectivity index (χ0) is 13.8. The van der Waals surface area contributed by atoms with E-state index in [0.29, 0.717) is 12.1 Å². The summed E-state index contributed by atoms with van der Waals surface area (Å²) in [5, 5.41) is 6.77. The molecule has 0 aliphatic carbocycles. The lowest BCUT2D eigenvalue weighted by atomic mass is 9.94. The van der Waals surface area contributed by atoms with Crippen molar-refractivity contribution in [1.29, 1.82) is 0 Å². The Kier molecular flexibility index (Phi) is 5.22. The molecule has 3 unspecified atom stereocenters. The van der Waals surface area contributed by atoms with Crippen molar-refractivity contribution in [2.45, 2.75) is 64.6 Å². The first kappa shape index (κ1) is 14.8. The van der Waals surface area contributed by atoms with Crippen LogP contribution in [0.3, 0.4) is 0 Å². The van der Waals surface area contributed by atoms with Gasteiger partial charge in [0.05, 0.1) is 6.04 Å². The molecular weight excluding hydrogens is 238 g/mol. The van der Waals surface area contributed by atoms with Crippen molar-refractivity contribution in [3.05, 3.63) is 0 Å². The van der Waals surface area contributed by atoms with E-state index in [2.05, 4.69) is 36.3 Å². The van der Waals surface area contributed by atoms with E-state index in [-0.39, 0.29) is 11.9 Å². The molecular formula is C15H29N3O. The zero-order valence-electron chi connectivity index (χ0n) is 12.6. The maximum atomic E-state index is 12.3. The van der Waals surface area contributed by atoms with E-state index in [1.165, 1.54) is 12.8 Å². The highest BCUT2D eigenvalue weighted by Crippen LogP contribution is 2.26. The lowest BCUT2D eigenvalue weighted by Gasteiger charge is -2.25. The lowest BCUT2D eigenvalue weighted by Crippen LogP contribution is -2.48. The van der Waals surface area contributed by atoms with Gasteiger partial charge in [-0.1, -0.05) is 13.8 Å². The largest absolute Gasteiger partial charge is 0.352 e. The van der Waals surface area contributed by atoms with Crippen LogP contribution in [0.4, 0.5) is 0 Å². The van der Waals surface area contributed by atoms with Crippen molar-refractivity contribution in [1.82, 2.24) is 15.5 Å². The maximum absolute atomic E-state index is 12.3. The Morgan fingerprint density at radius 1 is 1.37 bits per heavy atom. The average Bonchev–Trinajstić information content (AvgIpc) is 2.87. The van der Waals surface area contributed by atoms with Crippen LogP contribution in [0.2, 0.25) is 0 Å². The van der Waals surface area contributed by atoms with Crippen LogP contribution in [0, 0.1) is 5.92 Å². The van der Waals surface area contributed by atoms with E-state index in [1.807, 2.05) is 0 Å². The second-order valence-electron chi connectivity index (χ2n) is 6.11. The van der Waals surface area contributed by atoms with Gasteiger partial charge in [-0.25, -0.2) is 0 Å². The van der Waals surface area contributed by atoms with E-state index >= 15 is 0 Å². The quantitative estimate of drug-likeness (QED) is 0.790. The number of carbonyl (C=O) groups is 1. The molecule has 4 heteroatoms. The van der Waals surface area contributed by atoms with Gasteiger partial charge < -0.3 is 10.6 Å². The van der Waals surface area contributed by atoms with Gasteiger partial charge in [-0.3, -0.25) is 9.69 Å². The number of carbonyl (C=O) groups excluding carboxylic acids is 1. The van der Waals surface area contributed by atoms with Gasteiger partial charge in [0.15, 0.2) is 0 Å². The maximum Gasteiger partial charge on any atom is 0.237 e. The van der Waals surface area contributed by atoms with Gasteiger partial charge in [-0.15, -0.1) is 0 Å². The van der Waals surface area contributed by atoms with Crippen molar-refractivity contribution >= 4 is 5.91 Å². The van der Waals surface area contributed by atoms with Crippen LogP contribution in [0.15, 0.2) is 0 Å². The number of piperidine rings is 1. The summed E-state index contributed by atoms with van der Waals surface area (Å²) in [4.78, 5) is 14.6. The molecule has 2 aliphatic heterocycles. The molecule has 2 fully saturated rings. The fourth-order valence-corrected chi connectivity index (χ4v) is 3.38. The molecule has 2 saturated heterocycles. The van der Waals surface area contributed by atoms with Crippen LogP contribution in [0.1, 0.15) is 46.5 Å². The minimum absolute atomic E-state index is 0.00741. The summed E-state index contributed by atoms with van der Waals surface area (Å²) in [5.74, 6) is 0.949. The third-order valence-corrected chi connectivity index (χ3v) is 4.89. The SMILES string of the molecule is CCC(CC)NC(=O)C(C)N1CC2CCCNC2C1. The number of fused-ring (bicyclic) bond motifs is 1. The average molecular weight is 267 g/mol.